The maximum absolute atomic E-state index is 12.7. The van der Waals surface area contributed by atoms with Crippen LogP contribution in [0.25, 0.3) is 0 Å². The van der Waals surface area contributed by atoms with Gasteiger partial charge in [-0.2, -0.15) is 0 Å². The van der Waals surface area contributed by atoms with E-state index in [0.717, 1.165) is 6.42 Å². The lowest BCUT2D eigenvalue weighted by Crippen LogP contribution is -2.39. The lowest BCUT2D eigenvalue weighted by atomic mass is 10.1. The fourth-order valence-electron chi connectivity index (χ4n) is 2.42. The molecular weight excluding hydrogens is 396 g/mol. The van der Waals surface area contributed by atoms with Crippen molar-refractivity contribution in [1.29, 1.82) is 0 Å². The van der Waals surface area contributed by atoms with Gasteiger partial charge in [0.05, 0.1) is 6.54 Å². The van der Waals surface area contributed by atoms with Gasteiger partial charge in [0.25, 0.3) is 5.91 Å². The van der Waals surface area contributed by atoms with Gasteiger partial charge < -0.3 is 15.5 Å². The van der Waals surface area contributed by atoms with Gasteiger partial charge in [0, 0.05) is 28.7 Å². The fourth-order valence-corrected chi connectivity index (χ4v) is 3.31. The van der Waals surface area contributed by atoms with Crippen molar-refractivity contribution in [3.05, 3.63) is 45.4 Å². The van der Waals surface area contributed by atoms with Crippen LogP contribution in [0.4, 0.5) is 10.5 Å². The standard InChI is InChI=1S/C20H27ClN4O2S/c1-13(2)9-10-22-19(26)17-12-28-18(24-17)11-25(14(3)4)20(27)23-16-7-5-15(21)6-8-16/h5-8,12-14H,9-11H2,1-4H3,(H,22,26)(H,23,27). The highest BCUT2D eigenvalue weighted by Crippen LogP contribution is 2.18. The molecule has 152 valence electrons. The third-order valence-corrected chi connectivity index (χ3v) is 5.16. The Balaban J connectivity index is 1.98. The normalized spacial score (nSPS) is 11.0. The van der Waals surface area contributed by atoms with Crippen molar-refractivity contribution in [2.45, 2.75) is 46.7 Å². The molecule has 28 heavy (non-hydrogen) atoms. The lowest BCUT2D eigenvalue weighted by molar-refractivity contribution is 0.0947. The van der Waals surface area contributed by atoms with Gasteiger partial charge in [-0.3, -0.25) is 4.79 Å². The van der Waals surface area contributed by atoms with Crippen molar-refractivity contribution >= 4 is 40.6 Å². The number of benzene rings is 1. The quantitative estimate of drug-likeness (QED) is 0.627. The second kappa shape index (κ2) is 10.4. The van der Waals surface area contributed by atoms with Gasteiger partial charge in [0.2, 0.25) is 0 Å². The molecule has 2 N–H and O–H groups in total. The van der Waals surface area contributed by atoms with Gasteiger partial charge in [-0.25, -0.2) is 9.78 Å². The number of halogens is 1. The van der Waals surface area contributed by atoms with Crippen LogP contribution >= 0.6 is 22.9 Å². The Morgan fingerprint density at radius 1 is 1.18 bits per heavy atom. The lowest BCUT2D eigenvalue weighted by Gasteiger charge is -2.26. The van der Waals surface area contributed by atoms with Gasteiger partial charge in [0.15, 0.2) is 0 Å². The summed E-state index contributed by atoms with van der Waals surface area (Å²) >= 11 is 7.26. The Labute approximate surface area is 175 Å². The van der Waals surface area contributed by atoms with Crippen molar-refractivity contribution in [2.75, 3.05) is 11.9 Å². The smallest absolute Gasteiger partial charge is 0.322 e. The van der Waals surface area contributed by atoms with E-state index in [4.69, 9.17) is 11.6 Å². The van der Waals surface area contributed by atoms with Gasteiger partial charge in [-0.1, -0.05) is 25.4 Å². The highest BCUT2D eigenvalue weighted by molar-refractivity contribution is 7.09. The number of rotatable bonds is 8. The molecule has 8 heteroatoms. The van der Waals surface area contributed by atoms with E-state index in [2.05, 4.69) is 29.5 Å². The minimum atomic E-state index is -0.226. The van der Waals surface area contributed by atoms with Crippen LogP contribution < -0.4 is 10.6 Å². The molecule has 0 radical (unpaired) electrons. The molecular formula is C20H27ClN4O2S. The third-order valence-electron chi connectivity index (χ3n) is 4.08. The van der Waals surface area contributed by atoms with Crippen LogP contribution in [0.3, 0.4) is 0 Å². The van der Waals surface area contributed by atoms with Crippen molar-refractivity contribution in [3.63, 3.8) is 0 Å². The van der Waals surface area contributed by atoms with Crippen LogP contribution in [0.1, 0.15) is 49.6 Å². The first-order valence-electron chi connectivity index (χ1n) is 9.32. The number of carbonyl (C=O) groups is 2. The maximum atomic E-state index is 12.7. The number of nitrogens with zero attached hydrogens (tertiary/aromatic N) is 2. The molecule has 0 aliphatic carbocycles. The van der Waals surface area contributed by atoms with Crippen molar-refractivity contribution < 1.29 is 9.59 Å². The first-order valence-corrected chi connectivity index (χ1v) is 10.6. The van der Waals surface area contributed by atoms with Crippen LogP contribution in [0, 0.1) is 5.92 Å². The number of hydrogen-bond acceptors (Lipinski definition) is 4. The van der Waals surface area contributed by atoms with Crippen molar-refractivity contribution in [1.82, 2.24) is 15.2 Å². The summed E-state index contributed by atoms with van der Waals surface area (Å²) in [5, 5.41) is 8.81. The molecule has 2 rings (SSSR count). The first kappa shape index (κ1) is 22.2. The molecule has 3 amide bonds. The minimum absolute atomic E-state index is 0.0282. The summed E-state index contributed by atoms with van der Waals surface area (Å²) in [4.78, 5) is 30.9. The van der Waals surface area contributed by atoms with Crippen LogP contribution in [-0.4, -0.2) is 34.4 Å². The zero-order valence-electron chi connectivity index (χ0n) is 16.7. The zero-order chi connectivity index (χ0) is 20.7. The molecule has 1 heterocycles. The number of thiazole rings is 1. The first-order chi connectivity index (χ1) is 13.3. The van der Waals surface area contributed by atoms with E-state index in [1.807, 2.05) is 13.8 Å². The molecule has 0 bridgehead atoms. The third kappa shape index (κ3) is 6.80. The highest BCUT2D eigenvalue weighted by Gasteiger charge is 2.20. The fraction of sp³-hybridized carbons (Fsp3) is 0.450. The number of nitrogens with one attached hydrogen (secondary N) is 2. The van der Waals surface area contributed by atoms with Crippen molar-refractivity contribution in [2.24, 2.45) is 5.92 Å². The van der Waals surface area contributed by atoms with E-state index in [-0.39, 0.29) is 18.0 Å². The molecule has 1 aromatic heterocycles. The molecule has 6 nitrogen and oxygen atoms in total. The second-order valence-corrected chi connectivity index (χ2v) is 8.60. The van der Waals surface area contributed by atoms with Crippen molar-refractivity contribution in [3.8, 4) is 0 Å². The minimum Gasteiger partial charge on any atom is -0.351 e. The molecule has 0 saturated heterocycles. The number of hydrogen-bond donors (Lipinski definition) is 2. The second-order valence-electron chi connectivity index (χ2n) is 7.22. The molecule has 2 aromatic rings. The average Bonchev–Trinajstić information content (AvgIpc) is 3.09. The number of anilines is 1. The molecule has 0 aliphatic rings. The molecule has 0 saturated carbocycles. The van der Waals surface area contributed by atoms with E-state index in [0.29, 0.717) is 40.4 Å². The molecule has 1 aromatic carbocycles. The largest absolute Gasteiger partial charge is 0.351 e. The summed E-state index contributed by atoms with van der Waals surface area (Å²) in [7, 11) is 0. The van der Waals surface area contributed by atoms with Gasteiger partial charge in [0.1, 0.15) is 10.7 Å². The average molecular weight is 423 g/mol. The Morgan fingerprint density at radius 3 is 2.46 bits per heavy atom. The van der Waals surface area contributed by atoms with Crippen LogP contribution in [-0.2, 0) is 6.54 Å². The molecule has 0 unspecified atom stereocenters. The van der Waals surface area contributed by atoms with Crippen LogP contribution in [0.2, 0.25) is 5.02 Å². The zero-order valence-corrected chi connectivity index (χ0v) is 18.2. The topological polar surface area (TPSA) is 74.3 Å². The Kier molecular flexibility index (Phi) is 8.26. The molecule has 0 fully saturated rings. The summed E-state index contributed by atoms with van der Waals surface area (Å²) in [5.74, 6) is 0.356. The molecule has 0 aliphatic heterocycles. The Hall–Kier alpha value is -2.12. The number of urea groups is 1. The number of amides is 3. The summed E-state index contributed by atoms with van der Waals surface area (Å²) < 4.78 is 0. The van der Waals surface area contributed by atoms with E-state index in [9.17, 15) is 9.59 Å². The molecule has 0 spiro atoms. The van der Waals surface area contributed by atoms with Crippen LogP contribution in [0.5, 0.6) is 0 Å². The summed E-state index contributed by atoms with van der Waals surface area (Å²) in [5.41, 5.74) is 1.06. The predicted octanol–water partition coefficient (Wildman–Crippen LogP) is 5.01. The monoisotopic (exact) mass is 422 g/mol. The number of carbonyl (C=O) groups excluding carboxylic acids is 2. The van der Waals surface area contributed by atoms with E-state index in [1.165, 1.54) is 11.3 Å². The van der Waals surface area contributed by atoms with Gasteiger partial charge in [-0.05, 0) is 50.5 Å². The van der Waals surface area contributed by atoms with E-state index < -0.39 is 0 Å². The van der Waals surface area contributed by atoms with E-state index in [1.54, 1.807) is 34.5 Å². The highest BCUT2D eigenvalue weighted by atomic mass is 35.5. The summed E-state index contributed by atoms with van der Waals surface area (Å²) in [6, 6.07) is 6.70. The predicted molar refractivity (Wildman–Crippen MR) is 115 cm³/mol. The summed E-state index contributed by atoms with van der Waals surface area (Å²) in [6.07, 6.45) is 0.925. The van der Waals surface area contributed by atoms with Gasteiger partial charge >= 0.3 is 6.03 Å². The Bertz CT molecular complexity index is 790. The SMILES string of the molecule is CC(C)CCNC(=O)c1csc(CN(C(=O)Nc2ccc(Cl)cc2)C(C)C)n1. The Morgan fingerprint density at radius 2 is 1.86 bits per heavy atom. The summed E-state index contributed by atoms with van der Waals surface area (Å²) in [6.45, 7) is 9.07. The van der Waals surface area contributed by atoms with E-state index >= 15 is 0 Å². The number of aromatic nitrogens is 1. The van der Waals surface area contributed by atoms with Crippen LogP contribution in [0.15, 0.2) is 29.6 Å². The maximum Gasteiger partial charge on any atom is 0.322 e. The molecule has 0 atom stereocenters. The van der Waals surface area contributed by atoms with Gasteiger partial charge in [-0.15, -0.1) is 11.3 Å².